The highest BCUT2D eigenvalue weighted by Gasteiger charge is 2.18. The summed E-state index contributed by atoms with van der Waals surface area (Å²) in [5, 5.41) is 15.8. The molecule has 0 atom stereocenters. The maximum absolute atomic E-state index is 12.6. The molecule has 3 heterocycles. The normalized spacial score (nSPS) is 10.3. The van der Waals surface area contributed by atoms with Crippen LogP contribution in [0.1, 0.15) is 43.2 Å². The van der Waals surface area contributed by atoms with Gasteiger partial charge in [0.25, 0.3) is 11.8 Å². The van der Waals surface area contributed by atoms with Crippen LogP contribution in [0.2, 0.25) is 0 Å². The first kappa shape index (κ1) is 17.9. The van der Waals surface area contributed by atoms with Crippen LogP contribution in [-0.2, 0) is 6.42 Å². The molecule has 0 saturated carbocycles. The molecule has 0 unspecified atom stereocenters. The van der Waals surface area contributed by atoms with Crippen molar-refractivity contribution in [2.24, 2.45) is 0 Å². The minimum Gasteiger partial charge on any atom is -0.459 e. The number of thiophene rings is 2. The number of aryl methyl sites for hydroxylation is 2. The van der Waals surface area contributed by atoms with Crippen LogP contribution in [0, 0.1) is 18.3 Å². The molecule has 6 nitrogen and oxygen atoms in total. The van der Waals surface area contributed by atoms with Crippen molar-refractivity contribution in [2.75, 3.05) is 10.6 Å². The van der Waals surface area contributed by atoms with Gasteiger partial charge in [-0.15, -0.1) is 22.7 Å². The molecule has 8 heteroatoms. The highest BCUT2D eigenvalue weighted by atomic mass is 32.1. The third-order valence-electron chi connectivity index (χ3n) is 3.58. The number of furan rings is 1. The summed E-state index contributed by atoms with van der Waals surface area (Å²) in [7, 11) is 0. The van der Waals surface area contributed by atoms with Gasteiger partial charge >= 0.3 is 0 Å². The Bertz CT molecular complexity index is 994. The first-order valence-corrected chi connectivity index (χ1v) is 9.44. The van der Waals surface area contributed by atoms with Gasteiger partial charge in [-0.1, -0.05) is 6.92 Å². The third-order valence-corrected chi connectivity index (χ3v) is 5.93. The fourth-order valence-corrected chi connectivity index (χ4v) is 4.21. The molecule has 0 aliphatic rings. The molecule has 0 aromatic carbocycles. The Morgan fingerprint density at radius 2 is 2.04 bits per heavy atom. The maximum Gasteiger partial charge on any atom is 0.291 e. The van der Waals surface area contributed by atoms with Crippen molar-refractivity contribution >= 4 is 44.5 Å². The number of amides is 2. The predicted octanol–water partition coefficient (Wildman–Crippen LogP) is 4.65. The molecule has 0 spiro atoms. The van der Waals surface area contributed by atoms with Gasteiger partial charge in [-0.2, -0.15) is 5.26 Å². The summed E-state index contributed by atoms with van der Waals surface area (Å²) in [5.41, 5.74) is 1.20. The van der Waals surface area contributed by atoms with E-state index in [4.69, 9.17) is 4.42 Å². The fourth-order valence-electron chi connectivity index (χ4n) is 2.30. The van der Waals surface area contributed by atoms with Crippen molar-refractivity contribution in [2.45, 2.75) is 20.3 Å². The highest BCUT2D eigenvalue weighted by Crippen LogP contribution is 2.31. The van der Waals surface area contributed by atoms with Gasteiger partial charge < -0.3 is 15.1 Å². The zero-order valence-electron chi connectivity index (χ0n) is 14.1. The van der Waals surface area contributed by atoms with E-state index in [1.54, 1.807) is 31.2 Å². The standard InChI is InChI=1S/C18H15N3O3S2/c1-3-12-8-11(9-19)18(25-12)21-17(23)15-10(2)7-14(26-15)20-16(22)13-5-4-6-24-13/h4-8H,3H2,1-2H3,(H,20,22)(H,21,23). The molecular formula is C18H15N3O3S2. The summed E-state index contributed by atoms with van der Waals surface area (Å²) in [6.07, 6.45) is 2.22. The molecule has 0 radical (unpaired) electrons. The van der Waals surface area contributed by atoms with E-state index < -0.39 is 0 Å². The van der Waals surface area contributed by atoms with E-state index in [2.05, 4.69) is 16.7 Å². The van der Waals surface area contributed by atoms with Crippen LogP contribution in [0.4, 0.5) is 10.0 Å². The molecule has 0 fully saturated rings. The number of carbonyl (C=O) groups excluding carboxylic acids is 2. The van der Waals surface area contributed by atoms with Crippen molar-refractivity contribution < 1.29 is 14.0 Å². The van der Waals surface area contributed by atoms with Crippen molar-refractivity contribution in [3.8, 4) is 6.07 Å². The fraction of sp³-hybridized carbons (Fsp3) is 0.167. The summed E-state index contributed by atoms with van der Waals surface area (Å²) in [6, 6.07) is 8.82. The minimum absolute atomic E-state index is 0.200. The Balaban J connectivity index is 1.76. The van der Waals surface area contributed by atoms with Crippen LogP contribution in [0.5, 0.6) is 0 Å². The van der Waals surface area contributed by atoms with E-state index in [0.29, 0.717) is 20.4 Å². The van der Waals surface area contributed by atoms with Crippen molar-refractivity contribution in [1.82, 2.24) is 0 Å². The Morgan fingerprint density at radius 1 is 1.23 bits per heavy atom. The molecule has 3 aromatic rings. The van der Waals surface area contributed by atoms with Crippen LogP contribution in [0.3, 0.4) is 0 Å². The highest BCUT2D eigenvalue weighted by molar-refractivity contribution is 7.19. The molecular weight excluding hydrogens is 370 g/mol. The maximum atomic E-state index is 12.6. The predicted molar refractivity (Wildman–Crippen MR) is 102 cm³/mol. The molecule has 0 aliphatic carbocycles. The Labute approximate surface area is 158 Å². The number of nitrogens with one attached hydrogen (secondary N) is 2. The lowest BCUT2D eigenvalue weighted by atomic mass is 10.2. The zero-order chi connectivity index (χ0) is 18.7. The number of anilines is 2. The van der Waals surface area contributed by atoms with E-state index >= 15 is 0 Å². The lowest BCUT2D eigenvalue weighted by molar-refractivity contribution is 0.0995. The molecule has 3 aromatic heterocycles. The lowest BCUT2D eigenvalue weighted by Gasteiger charge is -2.02. The van der Waals surface area contributed by atoms with Crippen molar-refractivity contribution in [3.63, 3.8) is 0 Å². The van der Waals surface area contributed by atoms with Crippen LogP contribution in [0.15, 0.2) is 34.9 Å². The van der Waals surface area contributed by atoms with Crippen LogP contribution in [-0.4, -0.2) is 11.8 Å². The van der Waals surface area contributed by atoms with E-state index in [9.17, 15) is 14.9 Å². The molecule has 3 rings (SSSR count). The number of carbonyl (C=O) groups is 2. The second kappa shape index (κ2) is 7.56. The molecule has 2 N–H and O–H groups in total. The Morgan fingerprint density at radius 3 is 2.69 bits per heavy atom. The lowest BCUT2D eigenvalue weighted by Crippen LogP contribution is -2.11. The number of hydrogen-bond acceptors (Lipinski definition) is 6. The Hall–Kier alpha value is -2.89. The number of hydrogen-bond donors (Lipinski definition) is 2. The minimum atomic E-state index is -0.374. The summed E-state index contributed by atoms with van der Waals surface area (Å²) in [6.45, 7) is 3.79. The van der Waals surface area contributed by atoms with Crippen LogP contribution in [0.25, 0.3) is 0 Å². The number of nitriles is 1. The number of nitrogens with zero attached hydrogens (tertiary/aromatic N) is 1. The Kier molecular flexibility index (Phi) is 5.21. The van der Waals surface area contributed by atoms with Gasteiger partial charge in [0.05, 0.1) is 21.7 Å². The second-order valence-electron chi connectivity index (χ2n) is 5.43. The van der Waals surface area contributed by atoms with Crippen molar-refractivity contribution in [3.05, 3.63) is 57.2 Å². The molecule has 0 bridgehead atoms. The molecule has 0 aliphatic heterocycles. The van der Waals surface area contributed by atoms with Gasteiger partial charge in [0, 0.05) is 4.88 Å². The molecule has 26 heavy (non-hydrogen) atoms. The van der Waals surface area contributed by atoms with Gasteiger partial charge in [0.2, 0.25) is 0 Å². The van der Waals surface area contributed by atoms with E-state index in [1.807, 2.05) is 6.92 Å². The van der Waals surface area contributed by atoms with Gasteiger partial charge in [-0.25, -0.2) is 0 Å². The topological polar surface area (TPSA) is 95.1 Å². The quantitative estimate of drug-likeness (QED) is 0.668. The summed E-state index contributed by atoms with van der Waals surface area (Å²) in [5.74, 6) is -0.473. The van der Waals surface area contributed by atoms with Gasteiger partial charge in [0.1, 0.15) is 11.1 Å². The smallest absolute Gasteiger partial charge is 0.291 e. The van der Waals surface area contributed by atoms with Crippen LogP contribution >= 0.6 is 22.7 Å². The molecule has 132 valence electrons. The molecule has 2 amide bonds. The summed E-state index contributed by atoms with van der Waals surface area (Å²) >= 11 is 2.57. The zero-order valence-corrected chi connectivity index (χ0v) is 15.7. The number of rotatable bonds is 5. The summed E-state index contributed by atoms with van der Waals surface area (Å²) in [4.78, 5) is 26.2. The van der Waals surface area contributed by atoms with Gasteiger partial charge in [-0.3, -0.25) is 9.59 Å². The van der Waals surface area contributed by atoms with Gasteiger partial charge in [-0.05, 0) is 43.2 Å². The first-order valence-electron chi connectivity index (χ1n) is 7.81. The monoisotopic (exact) mass is 385 g/mol. The SMILES string of the molecule is CCc1cc(C#N)c(NC(=O)c2sc(NC(=O)c3ccco3)cc2C)s1. The average Bonchev–Trinajstić information content (AvgIpc) is 3.34. The van der Waals surface area contributed by atoms with E-state index in [1.165, 1.54) is 28.9 Å². The largest absolute Gasteiger partial charge is 0.459 e. The first-order chi connectivity index (χ1) is 12.5. The van der Waals surface area contributed by atoms with E-state index in [-0.39, 0.29) is 17.6 Å². The second-order valence-corrected chi connectivity index (χ2v) is 7.62. The third kappa shape index (κ3) is 3.69. The van der Waals surface area contributed by atoms with Crippen LogP contribution < -0.4 is 10.6 Å². The molecule has 0 saturated heterocycles. The van der Waals surface area contributed by atoms with Crippen molar-refractivity contribution in [1.29, 1.82) is 5.26 Å². The van der Waals surface area contributed by atoms with Gasteiger partial charge in [0.15, 0.2) is 5.76 Å². The summed E-state index contributed by atoms with van der Waals surface area (Å²) < 4.78 is 5.05. The average molecular weight is 385 g/mol. The van der Waals surface area contributed by atoms with E-state index in [0.717, 1.165) is 16.9 Å².